The maximum Gasteiger partial charge on any atom is 0.255 e. The van der Waals surface area contributed by atoms with Crippen molar-refractivity contribution >= 4 is 29.3 Å². The molecule has 5 N–H and O–H groups in total. The molecule has 0 saturated heterocycles. The van der Waals surface area contributed by atoms with Gasteiger partial charge < -0.3 is 16.8 Å². The Labute approximate surface area is 115 Å². The average molecular weight is 277 g/mol. The van der Waals surface area contributed by atoms with Gasteiger partial charge in [-0.1, -0.05) is 41.9 Å². The van der Waals surface area contributed by atoms with Gasteiger partial charge in [0, 0.05) is 12.6 Å². The summed E-state index contributed by atoms with van der Waals surface area (Å²) in [6.45, 7) is 0.620. The highest BCUT2D eigenvalue weighted by molar-refractivity contribution is 6.29. The van der Waals surface area contributed by atoms with Crippen molar-refractivity contribution in [2.75, 3.05) is 5.32 Å². The molecule has 98 valence electrons. The summed E-state index contributed by atoms with van der Waals surface area (Å²) < 4.78 is 0. The second kappa shape index (κ2) is 6.01. The van der Waals surface area contributed by atoms with Crippen molar-refractivity contribution in [3.05, 3.63) is 47.1 Å². The quantitative estimate of drug-likeness (QED) is 0.448. The van der Waals surface area contributed by atoms with Gasteiger partial charge in [0.1, 0.15) is 11.0 Å². The number of anilines is 1. The molecule has 0 spiro atoms. The summed E-state index contributed by atoms with van der Waals surface area (Å²) in [7, 11) is 0. The molecule has 0 saturated carbocycles. The number of hydrogen-bond donors (Lipinski definition) is 3. The van der Waals surface area contributed by atoms with Gasteiger partial charge in [0.2, 0.25) is 0 Å². The molecular weight excluding hydrogens is 264 g/mol. The molecule has 2 rings (SSSR count). The summed E-state index contributed by atoms with van der Waals surface area (Å²) in [4.78, 5) is 11.8. The van der Waals surface area contributed by atoms with E-state index in [2.05, 4.69) is 20.3 Å². The van der Waals surface area contributed by atoms with Crippen molar-refractivity contribution in [2.45, 2.75) is 6.54 Å². The Morgan fingerprint density at radius 1 is 1.21 bits per heavy atom. The van der Waals surface area contributed by atoms with Crippen LogP contribution < -0.4 is 16.8 Å². The van der Waals surface area contributed by atoms with E-state index < -0.39 is 0 Å². The molecule has 1 aromatic heterocycles. The summed E-state index contributed by atoms with van der Waals surface area (Å²) in [5.74, 6) is 0.572. The smallest absolute Gasteiger partial charge is 0.255 e. The fourth-order valence-corrected chi connectivity index (χ4v) is 1.63. The van der Waals surface area contributed by atoms with Gasteiger partial charge in [0.15, 0.2) is 5.96 Å². The maximum absolute atomic E-state index is 5.87. The predicted molar refractivity (Wildman–Crippen MR) is 76.3 cm³/mol. The summed E-state index contributed by atoms with van der Waals surface area (Å²) in [6.07, 6.45) is 0. The number of nitrogens with two attached hydrogens (primary N) is 2. The highest BCUT2D eigenvalue weighted by Crippen LogP contribution is 2.16. The van der Waals surface area contributed by atoms with Gasteiger partial charge in [-0.15, -0.1) is 0 Å². The molecule has 1 heterocycles. The van der Waals surface area contributed by atoms with Gasteiger partial charge in [-0.3, -0.25) is 0 Å². The van der Waals surface area contributed by atoms with E-state index in [1.54, 1.807) is 6.07 Å². The zero-order chi connectivity index (χ0) is 13.7. The molecule has 2 aromatic rings. The molecule has 0 unspecified atom stereocenters. The minimum Gasteiger partial charge on any atom is -0.370 e. The molecule has 0 aliphatic heterocycles. The van der Waals surface area contributed by atoms with Gasteiger partial charge in [0.05, 0.1) is 0 Å². The highest BCUT2D eigenvalue weighted by atomic mass is 35.5. The lowest BCUT2D eigenvalue weighted by Gasteiger charge is -2.06. The third-order valence-electron chi connectivity index (χ3n) is 2.23. The van der Waals surface area contributed by atoms with Crippen LogP contribution in [0.3, 0.4) is 0 Å². The lowest BCUT2D eigenvalue weighted by molar-refractivity contribution is 1.07. The molecule has 0 radical (unpaired) electrons. The van der Waals surface area contributed by atoms with Crippen molar-refractivity contribution < 1.29 is 0 Å². The summed E-state index contributed by atoms with van der Waals surface area (Å²) in [5.41, 5.74) is 11.7. The second-order valence-corrected chi connectivity index (χ2v) is 4.14. The number of hydrogen-bond acceptors (Lipinski definition) is 4. The third kappa shape index (κ3) is 4.11. The molecule has 1 aromatic carbocycles. The fraction of sp³-hybridized carbons (Fsp3) is 0.0833. The van der Waals surface area contributed by atoms with Crippen LogP contribution in [0.2, 0.25) is 5.15 Å². The lowest BCUT2D eigenvalue weighted by Crippen LogP contribution is -2.22. The van der Waals surface area contributed by atoms with Gasteiger partial charge in [-0.05, 0) is 5.56 Å². The summed E-state index contributed by atoms with van der Waals surface area (Å²) >= 11 is 5.87. The predicted octanol–water partition coefficient (Wildman–Crippen LogP) is 1.65. The summed E-state index contributed by atoms with van der Waals surface area (Å²) in [5, 5.41) is 3.40. The van der Waals surface area contributed by atoms with E-state index in [9.17, 15) is 0 Å². The molecular formula is C12H13ClN6. The Morgan fingerprint density at radius 2 is 1.95 bits per heavy atom. The highest BCUT2D eigenvalue weighted by Gasteiger charge is 2.02. The van der Waals surface area contributed by atoms with E-state index in [4.69, 9.17) is 23.1 Å². The van der Waals surface area contributed by atoms with Crippen LogP contribution in [0.25, 0.3) is 0 Å². The van der Waals surface area contributed by atoms with Gasteiger partial charge in [-0.25, -0.2) is 0 Å². The molecule has 0 aliphatic rings. The molecule has 0 amide bonds. The van der Waals surface area contributed by atoms with E-state index in [0.29, 0.717) is 12.4 Å². The monoisotopic (exact) mass is 276 g/mol. The summed E-state index contributed by atoms with van der Waals surface area (Å²) in [6, 6.07) is 11.5. The van der Waals surface area contributed by atoms with Gasteiger partial charge in [0.25, 0.3) is 5.95 Å². The van der Waals surface area contributed by atoms with Crippen molar-refractivity contribution in [3.8, 4) is 0 Å². The van der Waals surface area contributed by atoms with Crippen LogP contribution in [0.1, 0.15) is 5.56 Å². The first-order chi connectivity index (χ1) is 9.13. The zero-order valence-corrected chi connectivity index (χ0v) is 10.8. The van der Waals surface area contributed by atoms with Crippen molar-refractivity contribution in [1.29, 1.82) is 0 Å². The average Bonchev–Trinajstić information content (AvgIpc) is 2.36. The molecule has 0 atom stereocenters. The van der Waals surface area contributed by atoms with Crippen LogP contribution in [0.5, 0.6) is 0 Å². The van der Waals surface area contributed by atoms with Crippen LogP contribution in [0, 0.1) is 0 Å². The van der Waals surface area contributed by atoms with Crippen molar-refractivity contribution in [1.82, 2.24) is 9.97 Å². The van der Waals surface area contributed by atoms with E-state index in [-0.39, 0.29) is 17.1 Å². The first-order valence-electron chi connectivity index (χ1n) is 5.55. The zero-order valence-electron chi connectivity index (χ0n) is 10.0. The first kappa shape index (κ1) is 13.1. The number of nitrogens with one attached hydrogen (secondary N) is 1. The molecule has 0 bridgehead atoms. The van der Waals surface area contributed by atoms with Crippen LogP contribution in [-0.2, 0) is 6.54 Å². The Balaban J connectivity index is 2.12. The number of guanidine groups is 1. The first-order valence-corrected chi connectivity index (χ1v) is 5.93. The Morgan fingerprint density at radius 3 is 2.63 bits per heavy atom. The number of rotatable bonds is 4. The molecule has 7 heteroatoms. The van der Waals surface area contributed by atoms with Crippen LogP contribution in [0.15, 0.2) is 41.4 Å². The van der Waals surface area contributed by atoms with Crippen molar-refractivity contribution in [2.24, 2.45) is 16.5 Å². The van der Waals surface area contributed by atoms with Crippen LogP contribution in [0.4, 0.5) is 11.8 Å². The molecule has 0 fully saturated rings. The molecule has 0 aliphatic carbocycles. The minimum absolute atomic E-state index is 0.115. The van der Waals surface area contributed by atoms with Crippen LogP contribution >= 0.6 is 11.6 Å². The number of benzene rings is 1. The molecule has 19 heavy (non-hydrogen) atoms. The van der Waals surface area contributed by atoms with Crippen molar-refractivity contribution in [3.63, 3.8) is 0 Å². The van der Waals surface area contributed by atoms with Gasteiger partial charge >= 0.3 is 0 Å². The lowest BCUT2D eigenvalue weighted by atomic mass is 10.2. The Hall–Kier alpha value is -2.34. The SMILES string of the molecule is NC(N)=Nc1nc(Cl)cc(NCc2ccccc2)n1. The van der Waals surface area contributed by atoms with E-state index in [0.717, 1.165) is 5.56 Å². The Kier molecular flexibility index (Phi) is 4.15. The standard InChI is InChI=1S/C12H13ClN6/c13-9-6-10(18-12(17-9)19-11(14)15)16-7-8-4-2-1-3-5-8/h1-6H,7H2,(H5,14,15,16,17,18,19). The fourth-order valence-electron chi connectivity index (χ4n) is 1.45. The molecule has 6 nitrogen and oxygen atoms in total. The number of nitrogens with zero attached hydrogens (tertiary/aromatic N) is 3. The minimum atomic E-state index is -0.115. The van der Waals surface area contributed by atoms with Gasteiger partial charge in [-0.2, -0.15) is 15.0 Å². The Bertz CT molecular complexity index is 580. The topological polar surface area (TPSA) is 102 Å². The third-order valence-corrected chi connectivity index (χ3v) is 2.42. The normalized spacial score (nSPS) is 9.95. The van der Waals surface area contributed by atoms with E-state index in [1.807, 2.05) is 30.3 Å². The van der Waals surface area contributed by atoms with E-state index in [1.165, 1.54) is 0 Å². The number of halogens is 1. The van der Waals surface area contributed by atoms with Crippen LogP contribution in [-0.4, -0.2) is 15.9 Å². The second-order valence-electron chi connectivity index (χ2n) is 3.75. The maximum atomic E-state index is 5.87. The largest absolute Gasteiger partial charge is 0.370 e. The number of aliphatic imine (C=N–C) groups is 1. The van der Waals surface area contributed by atoms with E-state index >= 15 is 0 Å². The number of aromatic nitrogens is 2.